The molecule has 0 bridgehead atoms. The Morgan fingerprint density at radius 1 is 0.786 bits per heavy atom. The molecule has 0 aromatic rings. The van der Waals surface area contributed by atoms with Crippen LogP contribution < -0.4 is 0 Å². The molecule has 42 heavy (non-hydrogen) atoms. The Bertz CT molecular complexity index is 1080. The molecule has 0 amide bonds. The molecule has 0 aliphatic heterocycles. The smallest absolute Gasteiger partial charge is 0.306 e. The van der Waals surface area contributed by atoms with Crippen LogP contribution in [-0.2, 0) is 19.1 Å². The normalized spacial score (nSPS) is 45.7. The van der Waals surface area contributed by atoms with Crippen LogP contribution in [-0.4, -0.2) is 28.9 Å². The van der Waals surface area contributed by atoms with E-state index in [2.05, 4.69) is 48.5 Å². The van der Waals surface area contributed by atoms with Gasteiger partial charge in [0.1, 0.15) is 11.9 Å². The van der Waals surface area contributed by atoms with Gasteiger partial charge in [-0.05, 0) is 122 Å². The minimum Gasteiger partial charge on any atom is -0.481 e. The molecule has 0 radical (unpaired) electrons. The Morgan fingerprint density at radius 2 is 1.50 bits per heavy atom. The van der Waals surface area contributed by atoms with E-state index in [1.54, 1.807) is 0 Å². The van der Waals surface area contributed by atoms with Gasteiger partial charge in [-0.25, -0.2) is 0 Å². The molecule has 5 heteroatoms. The Labute approximate surface area is 255 Å². The summed E-state index contributed by atoms with van der Waals surface area (Å²) in [5, 5.41) is 9.39. The predicted octanol–water partition coefficient (Wildman–Crippen LogP) is 8.87. The summed E-state index contributed by atoms with van der Waals surface area (Å²) in [6.07, 6.45) is 12.5. The van der Waals surface area contributed by atoms with E-state index in [1.165, 1.54) is 25.7 Å². The van der Waals surface area contributed by atoms with E-state index in [4.69, 9.17) is 4.74 Å². The Kier molecular flexibility index (Phi) is 8.31. The molecule has 1 N–H and O–H groups in total. The van der Waals surface area contributed by atoms with Crippen LogP contribution in [0.3, 0.4) is 0 Å². The first-order chi connectivity index (χ1) is 19.6. The number of hydrogen-bond acceptors (Lipinski definition) is 4. The molecule has 10 atom stereocenters. The van der Waals surface area contributed by atoms with Crippen molar-refractivity contribution >= 4 is 17.7 Å². The Balaban J connectivity index is 1.46. The van der Waals surface area contributed by atoms with Gasteiger partial charge < -0.3 is 9.84 Å². The van der Waals surface area contributed by atoms with Crippen LogP contribution in [0.2, 0.25) is 0 Å². The van der Waals surface area contributed by atoms with Crippen LogP contribution in [0, 0.1) is 62.6 Å². The van der Waals surface area contributed by atoms with Crippen molar-refractivity contribution in [2.75, 3.05) is 0 Å². The number of carboxylic acids is 1. The summed E-state index contributed by atoms with van der Waals surface area (Å²) in [5.74, 6) is 2.51. The lowest BCUT2D eigenvalue weighted by Gasteiger charge is -2.73. The molecule has 5 rings (SSSR count). The maximum absolute atomic E-state index is 14.0. The molecule has 238 valence electrons. The van der Waals surface area contributed by atoms with Gasteiger partial charge in [-0.2, -0.15) is 0 Å². The van der Waals surface area contributed by atoms with Gasteiger partial charge in [0, 0.05) is 23.7 Å². The van der Waals surface area contributed by atoms with Crippen LogP contribution in [0.25, 0.3) is 0 Å². The number of ketones is 1. The summed E-state index contributed by atoms with van der Waals surface area (Å²) in [4.78, 5) is 38.0. The molecule has 5 saturated carbocycles. The standard InChI is InChI=1S/C37H60O5/c1-9-10-31(41)42-29-17-18-34(6)26(33(29,4)5)16-19-36(8)27(34)12-11-25-32-24(23(2)3)15-20-37(32,22-21-35(25,36)7)28(38)13-14-30(39)40/h23-27,29,32H,9-22H2,1-8H3,(H,39,40)/t24?,25?,26?,27?,29-,32?,34+,35-,36-,37-/m1/s1. The number of carbonyl (C=O) groups excluding carboxylic acids is 2. The zero-order valence-electron chi connectivity index (χ0n) is 28.0. The second kappa shape index (κ2) is 10.9. The lowest BCUT2D eigenvalue weighted by Crippen LogP contribution is -2.67. The van der Waals surface area contributed by atoms with Crippen molar-refractivity contribution in [1.82, 2.24) is 0 Å². The van der Waals surface area contributed by atoms with Crippen molar-refractivity contribution < 1.29 is 24.2 Å². The van der Waals surface area contributed by atoms with Gasteiger partial charge in [0.15, 0.2) is 0 Å². The number of fused-ring (bicyclic) bond motifs is 7. The number of Topliss-reactive ketones (excluding diaryl/α,β-unsaturated/α-hetero) is 1. The Hall–Kier alpha value is -1.39. The second-order valence-electron chi connectivity index (χ2n) is 17.2. The highest BCUT2D eigenvalue weighted by atomic mass is 16.5. The van der Waals surface area contributed by atoms with Gasteiger partial charge in [-0.3, -0.25) is 14.4 Å². The summed E-state index contributed by atoms with van der Waals surface area (Å²) in [5.41, 5.74) is 0.251. The van der Waals surface area contributed by atoms with Crippen LogP contribution >= 0.6 is 0 Å². The number of carboxylic acid groups (broad SMARTS) is 1. The number of aliphatic carboxylic acids is 1. The number of ether oxygens (including phenoxy) is 1. The monoisotopic (exact) mass is 584 g/mol. The molecule has 5 unspecified atom stereocenters. The van der Waals surface area contributed by atoms with Gasteiger partial charge in [-0.1, -0.05) is 55.4 Å². The third-order valence-corrected chi connectivity index (χ3v) is 15.1. The van der Waals surface area contributed by atoms with E-state index in [1.807, 2.05) is 6.92 Å². The van der Waals surface area contributed by atoms with E-state index in [9.17, 15) is 19.5 Å². The van der Waals surface area contributed by atoms with Gasteiger partial charge in [0.05, 0.1) is 6.42 Å². The molecule has 5 aliphatic rings. The molecule has 0 heterocycles. The maximum atomic E-state index is 14.0. The molecule has 0 saturated heterocycles. The zero-order chi connectivity index (χ0) is 30.9. The maximum Gasteiger partial charge on any atom is 0.306 e. The summed E-state index contributed by atoms with van der Waals surface area (Å²) < 4.78 is 6.15. The van der Waals surface area contributed by atoms with E-state index in [-0.39, 0.29) is 57.8 Å². The molecule has 0 aromatic carbocycles. The molecular formula is C37H60O5. The summed E-state index contributed by atoms with van der Waals surface area (Å²) in [7, 11) is 0. The highest BCUT2D eigenvalue weighted by molar-refractivity contribution is 5.88. The van der Waals surface area contributed by atoms with Crippen LogP contribution in [0.1, 0.15) is 145 Å². The molecular weight excluding hydrogens is 524 g/mol. The summed E-state index contributed by atoms with van der Waals surface area (Å²) in [6.45, 7) is 19.3. The van der Waals surface area contributed by atoms with Crippen molar-refractivity contribution in [1.29, 1.82) is 0 Å². The van der Waals surface area contributed by atoms with E-state index >= 15 is 0 Å². The number of esters is 1. The zero-order valence-corrected chi connectivity index (χ0v) is 28.0. The first kappa shape index (κ1) is 32.0. The highest BCUT2D eigenvalue weighted by Crippen LogP contribution is 2.77. The fourth-order valence-electron chi connectivity index (χ4n) is 12.9. The minimum absolute atomic E-state index is 0.00306. The van der Waals surface area contributed by atoms with E-state index < -0.39 is 5.97 Å². The quantitative estimate of drug-likeness (QED) is 0.288. The minimum atomic E-state index is -0.855. The van der Waals surface area contributed by atoms with Crippen LogP contribution in [0.5, 0.6) is 0 Å². The lowest BCUT2D eigenvalue weighted by atomic mass is 9.32. The number of rotatable bonds is 8. The Morgan fingerprint density at radius 3 is 2.14 bits per heavy atom. The summed E-state index contributed by atoms with van der Waals surface area (Å²) >= 11 is 0. The van der Waals surface area contributed by atoms with Crippen LogP contribution in [0.4, 0.5) is 0 Å². The third kappa shape index (κ3) is 4.55. The van der Waals surface area contributed by atoms with Crippen molar-refractivity contribution in [2.45, 2.75) is 151 Å². The predicted molar refractivity (Wildman–Crippen MR) is 166 cm³/mol. The largest absolute Gasteiger partial charge is 0.481 e. The van der Waals surface area contributed by atoms with Crippen molar-refractivity contribution in [3.05, 3.63) is 0 Å². The van der Waals surface area contributed by atoms with E-state index in [0.29, 0.717) is 41.9 Å². The molecule has 0 spiro atoms. The number of carbonyl (C=O) groups is 3. The summed E-state index contributed by atoms with van der Waals surface area (Å²) in [6, 6.07) is 0. The fraction of sp³-hybridized carbons (Fsp3) is 0.919. The molecule has 5 fully saturated rings. The second-order valence-corrected chi connectivity index (χ2v) is 17.2. The highest BCUT2D eigenvalue weighted by Gasteiger charge is 2.71. The molecule has 5 aliphatic carbocycles. The van der Waals surface area contributed by atoms with Crippen molar-refractivity contribution in [2.24, 2.45) is 62.6 Å². The average molecular weight is 585 g/mol. The van der Waals surface area contributed by atoms with Gasteiger partial charge in [-0.15, -0.1) is 0 Å². The van der Waals surface area contributed by atoms with E-state index in [0.717, 1.165) is 44.9 Å². The fourth-order valence-corrected chi connectivity index (χ4v) is 12.9. The van der Waals surface area contributed by atoms with Crippen molar-refractivity contribution in [3.8, 4) is 0 Å². The van der Waals surface area contributed by atoms with Gasteiger partial charge >= 0.3 is 11.9 Å². The topological polar surface area (TPSA) is 80.7 Å². The first-order valence-electron chi connectivity index (χ1n) is 17.5. The molecule has 0 aromatic heterocycles. The number of hydrogen-bond donors (Lipinski definition) is 1. The van der Waals surface area contributed by atoms with Crippen LogP contribution in [0.15, 0.2) is 0 Å². The third-order valence-electron chi connectivity index (χ3n) is 15.1. The van der Waals surface area contributed by atoms with Gasteiger partial charge in [0.25, 0.3) is 0 Å². The molecule has 5 nitrogen and oxygen atoms in total. The lowest BCUT2D eigenvalue weighted by molar-refractivity contribution is -0.250. The van der Waals surface area contributed by atoms with Gasteiger partial charge in [0.2, 0.25) is 0 Å². The first-order valence-corrected chi connectivity index (χ1v) is 17.5. The average Bonchev–Trinajstić information content (AvgIpc) is 3.31. The van der Waals surface area contributed by atoms with Crippen molar-refractivity contribution in [3.63, 3.8) is 0 Å². The SMILES string of the molecule is CCCC(=O)O[C@@H]1CC[C@@]2(C)C(CC[C@]3(C)C2CCC2C4C(C(C)C)CC[C@]4(C(=O)CCC(=O)O)CC[C@]23C)C1(C)C.